The zero-order chi connectivity index (χ0) is 16.3. The zero-order valence-corrected chi connectivity index (χ0v) is 14.1. The number of likely N-dealkylation sites (N-methyl/N-ethyl adjacent to an activating group) is 1. The van der Waals surface area contributed by atoms with Gasteiger partial charge < -0.3 is 10.2 Å². The number of nitrogens with zero attached hydrogens (tertiary/aromatic N) is 2. The van der Waals surface area contributed by atoms with Gasteiger partial charge in [-0.15, -0.1) is 0 Å². The van der Waals surface area contributed by atoms with Crippen molar-refractivity contribution in [3.63, 3.8) is 0 Å². The number of carbonyl (C=O) groups is 1. The molecule has 0 aliphatic carbocycles. The third kappa shape index (κ3) is 3.98. The largest absolute Gasteiger partial charge is 0.366 e. The Bertz CT molecular complexity index is 645. The molecule has 22 heavy (non-hydrogen) atoms. The normalized spacial score (nSPS) is 15.7. The molecule has 0 unspecified atom stereocenters. The van der Waals surface area contributed by atoms with Crippen LogP contribution < -0.4 is 10.2 Å². The van der Waals surface area contributed by atoms with Gasteiger partial charge in [-0.25, -0.2) is 8.42 Å². The molecule has 0 spiro atoms. The van der Waals surface area contributed by atoms with Crippen LogP contribution in [0.15, 0.2) is 24.3 Å². The van der Waals surface area contributed by atoms with Crippen molar-refractivity contribution in [1.29, 1.82) is 0 Å². The zero-order valence-electron chi connectivity index (χ0n) is 13.2. The van der Waals surface area contributed by atoms with Gasteiger partial charge in [0.15, 0.2) is 0 Å². The van der Waals surface area contributed by atoms with E-state index in [4.69, 9.17) is 0 Å². The maximum absolute atomic E-state index is 11.8. The molecule has 1 N–H and O–H groups in total. The first-order valence-corrected chi connectivity index (χ1v) is 9.16. The van der Waals surface area contributed by atoms with E-state index in [-0.39, 0.29) is 18.5 Å². The maximum Gasteiger partial charge on any atom is 0.235 e. The van der Waals surface area contributed by atoms with Crippen LogP contribution in [0, 0.1) is 0 Å². The van der Waals surface area contributed by atoms with E-state index in [9.17, 15) is 13.2 Å². The molecule has 0 fully saturated rings. The topological polar surface area (TPSA) is 69.7 Å². The van der Waals surface area contributed by atoms with Crippen LogP contribution in [0.4, 0.5) is 5.69 Å². The van der Waals surface area contributed by atoms with Crippen LogP contribution in [-0.2, 0) is 21.2 Å². The van der Waals surface area contributed by atoms with Gasteiger partial charge in [0.25, 0.3) is 0 Å². The van der Waals surface area contributed by atoms with Crippen LogP contribution in [0.2, 0.25) is 0 Å². The van der Waals surface area contributed by atoms with Gasteiger partial charge in [0, 0.05) is 31.9 Å². The SMILES string of the molecule is C[C@H](CNC(=O)CN(C)S(C)(=O)=O)N1CCc2ccccc21. The van der Waals surface area contributed by atoms with Gasteiger partial charge in [-0.2, -0.15) is 4.31 Å². The lowest BCUT2D eigenvalue weighted by atomic mass is 10.2. The predicted octanol–water partition coefficient (Wildman–Crippen LogP) is 0.445. The van der Waals surface area contributed by atoms with Crippen LogP contribution in [0.5, 0.6) is 0 Å². The average Bonchev–Trinajstić information content (AvgIpc) is 2.87. The van der Waals surface area contributed by atoms with Gasteiger partial charge in [-0.05, 0) is 25.0 Å². The number of fused-ring (bicyclic) bond motifs is 1. The number of rotatable bonds is 6. The summed E-state index contributed by atoms with van der Waals surface area (Å²) in [5.41, 5.74) is 2.55. The molecule has 7 heteroatoms. The Labute approximate surface area is 132 Å². The number of amides is 1. The fourth-order valence-electron chi connectivity index (χ4n) is 2.57. The summed E-state index contributed by atoms with van der Waals surface area (Å²) < 4.78 is 23.6. The number of hydrogen-bond acceptors (Lipinski definition) is 4. The molecular formula is C15H23N3O3S. The molecule has 0 saturated carbocycles. The molecule has 1 amide bonds. The lowest BCUT2D eigenvalue weighted by Crippen LogP contribution is -2.44. The van der Waals surface area contributed by atoms with Gasteiger partial charge in [0.05, 0.1) is 12.8 Å². The van der Waals surface area contributed by atoms with Crippen molar-refractivity contribution in [2.24, 2.45) is 0 Å². The van der Waals surface area contributed by atoms with Crippen LogP contribution in [0.3, 0.4) is 0 Å². The van der Waals surface area contributed by atoms with Crippen LogP contribution in [0.25, 0.3) is 0 Å². The number of anilines is 1. The van der Waals surface area contributed by atoms with E-state index in [0.717, 1.165) is 23.5 Å². The lowest BCUT2D eigenvalue weighted by molar-refractivity contribution is -0.121. The Morgan fingerprint density at radius 2 is 2.09 bits per heavy atom. The van der Waals surface area contributed by atoms with Gasteiger partial charge in [0.1, 0.15) is 0 Å². The number of hydrogen-bond donors (Lipinski definition) is 1. The number of para-hydroxylation sites is 1. The molecular weight excluding hydrogens is 302 g/mol. The predicted molar refractivity (Wildman–Crippen MR) is 87.4 cm³/mol. The third-order valence-electron chi connectivity index (χ3n) is 3.98. The molecule has 0 radical (unpaired) electrons. The summed E-state index contributed by atoms with van der Waals surface area (Å²) >= 11 is 0. The van der Waals surface area contributed by atoms with E-state index in [1.807, 2.05) is 12.1 Å². The Morgan fingerprint density at radius 3 is 2.77 bits per heavy atom. The number of nitrogens with one attached hydrogen (secondary N) is 1. The van der Waals surface area contributed by atoms with Crippen LogP contribution >= 0.6 is 0 Å². The first-order chi connectivity index (χ1) is 10.3. The van der Waals surface area contributed by atoms with E-state index in [2.05, 4.69) is 29.3 Å². The minimum atomic E-state index is -3.33. The third-order valence-corrected chi connectivity index (χ3v) is 5.24. The molecule has 1 atom stereocenters. The number of sulfonamides is 1. The quantitative estimate of drug-likeness (QED) is 0.824. The second-order valence-corrected chi connectivity index (χ2v) is 7.83. The van der Waals surface area contributed by atoms with Crippen molar-refractivity contribution in [3.8, 4) is 0 Å². The Hall–Kier alpha value is -1.60. The molecule has 1 aliphatic rings. The minimum Gasteiger partial charge on any atom is -0.366 e. The lowest BCUT2D eigenvalue weighted by Gasteiger charge is -2.27. The molecule has 0 aromatic heterocycles. The van der Waals surface area contributed by atoms with E-state index >= 15 is 0 Å². The van der Waals surface area contributed by atoms with Gasteiger partial charge in [-0.1, -0.05) is 18.2 Å². The molecule has 6 nitrogen and oxygen atoms in total. The molecule has 122 valence electrons. The monoisotopic (exact) mass is 325 g/mol. The van der Waals surface area contributed by atoms with E-state index in [0.29, 0.717) is 6.54 Å². The van der Waals surface area contributed by atoms with Crippen molar-refractivity contribution in [1.82, 2.24) is 9.62 Å². The molecule has 0 saturated heterocycles. The highest BCUT2D eigenvalue weighted by atomic mass is 32.2. The summed E-state index contributed by atoms with van der Waals surface area (Å²) in [5.74, 6) is -0.285. The van der Waals surface area contributed by atoms with E-state index < -0.39 is 10.0 Å². The Balaban J connectivity index is 1.86. The highest BCUT2D eigenvalue weighted by Crippen LogP contribution is 2.28. The Morgan fingerprint density at radius 1 is 1.41 bits per heavy atom. The number of benzene rings is 1. The molecule has 1 aromatic carbocycles. The summed E-state index contributed by atoms with van der Waals surface area (Å²) in [6.07, 6.45) is 2.11. The van der Waals surface area contributed by atoms with E-state index in [1.165, 1.54) is 18.3 Å². The van der Waals surface area contributed by atoms with Crippen molar-refractivity contribution in [2.45, 2.75) is 19.4 Å². The van der Waals surface area contributed by atoms with Crippen molar-refractivity contribution >= 4 is 21.6 Å². The standard InChI is InChI=1S/C15H23N3O3S/c1-12(10-16-15(19)11-17(2)22(3,20)21)18-9-8-13-6-4-5-7-14(13)18/h4-7,12H,8-11H2,1-3H3,(H,16,19)/t12-/m1/s1. The summed E-state index contributed by atoms with van der Waals surface area (Å²) in [4.78, 5) is 14.1. The summed E-state index contributed by atoms with van der Waals surface area (Å²) in [6, 6.07) is 8.44. The molecule has 1 heterocycles. The summed E-state index contributed by atoms with van der Waals surface area (Å²) in [5, 5.41) is 2.81. The first-order valence-electron chi connectivity index (χ1n) is 7.31. The van der Waals surface area contributed by atoms with Crippen LogP contribution in [0.1, 0.15) is 12.5 Å². The summed E-state index contributed by atoms with van der Waals surface area (Å²) in [6.45, 7) is 3.34. The summed E-state index contributed by atoms with van der Waals surface area (Å²) in [7, 11) is -1.93. The van der Waals surface area contributed by atoms with Gasteiger partial charge in [-0.3, -0.25) is 4.79 Å². The van der Waals surface area contributed by atoms with Gasteiger partial charge >= 0.3 is 0 Å². The first kappa shape index (κ1) is 16.8. The molecule has 1 aromatic rings. The molecule has 1 aliphatic heterocycles. The fourth-order valence-corrected chi connectivity index (χ4v) is 2.92. The maximum atomic E-state index is 11.8. The van der Waals surface area contributed by atoms with Crippen molar-refractivity contribution in [3.05, 3.63) is 29.8 Å². The second-order valence-electron chi connectivity index (χ2n) is 5.74. The highest BCUT2D eigenvalue weighted by molar-refractivity contribution is 7.88. The minimum absolute atomic E-state index is 0.151. The molecule has 2 rings (SSSR count). The average molecular weight is 325 g/mol. The van der Waals surface area contributed by atoms with E-state index in [1.54, 1.807) is 0 Å². The second kappa shape index (κ2) is 6.66. The fraction of sp³-hybridized carbons (Fsp3) is 0.533. The molecule has 0 bridgehead atoms. The van der Waals surface area contributed by atoms with Crippen molar-refractivity contribution in [2.75, 3.05) is 37.8 Å². The van der Waals surface area contributed by atoms with Gasteiger partial charge in [0.2, 0.25) is 15.9 Å². The van der Waals surface area contributed by atoms with Crippen LogP contribution in [-0.4, -0.2) is 57.6 Å². The van der Waals surface area contributed by atoms with Crippen molar-refractivity contribution < 1.29 is 13.2 Å². The highest BCUT2D eigenvalue weighted by Gasteiger charge is 2.23. The smallest absolute Gasteiger partial charge is 0.235 e. The Kier molecular flexibility index (Phi) is 5.08. The number of carbonyl (C=O) groups excluding carboxylic acids is 1.